The molecule has 0 aliphatic rings. The topological polar surface area (TPSA) is 0 Å². The van der Waals surface area contributed by atoms with Crippen LogP contribution in [0, 0.1) is 0 Å². The molecule has 0 aliphatic carbocycles. The fraction of sp³-hybridized carbons (Fsp3) is 0.565. The van der Waals surface area contributed by atoms with Gasteiger partial charge in [0.25, 0.3) is 0 Å². The van der Waals surface area contributed by atoms with Crippen LogP contribution < -0.4 is 17.0 Å². The van der Waals surface area contributed by atoms with Crippen LogP contribution in [-0.2, 0) is 0 Å². The van der Waals surface area contributed by atoms with Crippen molar-refractivity contribution < 1.29 is 17.0 Å². The van der Waals surface area contributed by atoms with E-state index in [1.807, 2.05) is 0 Å². The molecule has 0 atom stereocenters. The summed E-state index contributed by atoms with van der Waals surface area (Å²) >= 11 is 0. The lowest BCUT2D eigenvalue weighted by atomic mass is 10.2. The Bertz CT molecular complexity index is 456. The summed E-state index contributed by atoms with van der Waals surface area (Å²) in [4.78, 5) is 0. The van der Waals surface area contributed by atoms with Crippen LogP contribution in [0.3, 0.4) is 0 Å². The van der Waals surface area contributed by atoms with Gasteiger partial charge in [-0.2, -0.15) is 0 Å². The molecule has 0 nitrogen and oxygen atoms in total. The Morgan fingerprint density at radius 2 is 1.36 bits per heavy atom. The van der Waals surface area contributed by atoms with Crippen LogP contribution in [0.15, 0.2) is 49.1 Å². The van der Waals surface area contributed by atoms with Crippen LogP contribution >= 0.6 is 7.26 Å². The summed E-state index contributed by atoms with van der Waals surface area (Å²) in [6.45, 7) is 11.0. The average Bonchev–Trinajstić information content (AvgIpc) is 2.63. The number of unbranched alkanes of at least 4 members (excludes halogenated alkanes) is 3. The highest BCUT2D eigenvalue weighted by atomic mass is 79.9. The van der Waals surface area contributed by atoms with E-state index in [0.29, 0.717) is 0 Å². The Morgan fingerprint density at radius 3 is 1.76 bits per heavy atom. The SMILES string of the molecule is C=CC/C=C(\c1ccccc1)[P+](CCCC)(CCCC)CCCC.[Br-]. The smallest absolute Gasteiger partial charge is 0.0974 e. The zero-order chi connectivity index (χ0) is 17.7. The minimum atomic E-state index is -1.09. The molecule has 1 aromatic rings. The summed E-state index contributed by atoms with van der Waals surface area (Å²) in [6, 6.07) is 11.2. The van der Waals surface area contributed by atoms with Crippen LogP contribution in [0.4, 0.5) is 0 Å². The second kappa shape index (κ2) is 14.7. The van der Waals surface area contributed by atoms with Crippen molar-refractivity contribution >= 4 is 12.6 Å². The number of allylic oxidation sites excluding steroid dienone is 2. The molecular weight excluding hydrogens is 387 g/mol. The van der Waals surface area contributed by atoms with E-state index in [1.54, 1.807) is 5.31 Å². The lowest BCUT2D eigenvalue weighted by Crippen LogP contribution is -3.00. The molecule has 0 heterocycles. The molecule has 0 spiro atoms. The van der Waals surface area contributed by atoms with Gasteiger partial charge in [-0.3, -0.25) is 0 Å². The molecule has 0 amide bonds. The quantitative estimate of drug-likeness (QED) is 0.307. The normalized spacial score (nSPS) is 11.9. The van der Waals surface area contributed by atoms with E-state index >= 15 is 0 Å². The first kappa shape index (κ1) is 24.6. The number of hydrogen-bond donors (Lipinski definition) is 0. The van der Waals surface area contributed by atoms with Crippen molar-refractivity contribution in [2.24, 2.45) is 0 Å². The maximum absolute atomic E-state index is 3.96. The Labute approximate surface area is 168 Å². The third-order valence-electron chi connectivity index (χ3n) is 4.88. The van der Waals surface area contributed by atoms with E-state index in [9.17, 15) is 0 Å². The molecule has 0 fully saturated rings. The molecule has 0 unspecified atom stereocenters. The van der Waals surface area contributed by atoms with Crippen LogP contribution in [0.25, 0.3) is 5.31 Å². The molecular formula is C23H38BrP. The predicted molar refractivity (Wildman–Crippen MR) is 115 cm³/mol. The predicted octanol–water partition coefficient (Wildman–Crippen LogP) is 5.03. The monoisotopic (exact) mass is 424 g/mol. The maximum atomic E-state index is 3.96. The average molecular weight is 425 g/mol. The van der Waals surface area contributed by atoms with Crippen molar-refractivity contribution in [3.05, 3.63) is 54.6 Å². The third kappa shape index (κ3) is 8.23. The Balaban J connectivity index is 0.00000576. The zero-order valence-corrected chi connectivity index (χ0v) is 19.1. The highest BCUT2D eigenvalue weighted by Crippen LogP contribution is 2.70. The fourth-order valence-electron chi connectivity index (χ4n) is 3.47. The molecule has 142 valence electrons. The van der Waals surface area contributed by atoms with Gasteiger partial charge >= 0.3 is 0 Å². The first-order valence-corrected chi connectivity index (χ1v) is 12.3. The van der Waals surface area contributed by atoms with Crippen LogP contribution in [0.5, 0.6) is 0 Å². The van der Waals surface area contributed by atoms with E-state index in [4.69, 9.17) is 0 Å². The molecule has 0 radical (unpaired) electrons. The second-order valence-corrected chi connectivity index (χ2v) is 11.0. The molecule has 0 saturated heterocycles. The molecule has 0 aliphatic heterocycles. The van der Waals surface area contributed by atoms with Gasteiger partial charge in [0.2, 0.25) is 0 Å². The molecule has 0 saturated carbocycles. The van der Waals surface area contributed by atoms with E-state index in [2.05, 4.69) is 69.8 Å². The van der Waals surface area contributed by atoms with Gasteiger partial charge in [-0.25, -0.2) is 0 Å². The number of halogens is 1. The van der Waals surface area contributed by atoms with Gasteiger partial charge in [0.15, 0.2) is 0 Å². The molecule has 1 rings (SSSR count). The lowest BCUT2D eigenvalue weighted by Gasteiger charge is -2.30. The van der Waals surface area contributed by atoms with Crippen LogP contribution in [0.1, 0.15) is 71.3 Å². The maximum Gasteiger partial charge on any atom is 0.0974 e. The minimum absolute atomic E-state index is 0. The van der Waals surface area contributed by atoms with Crippen LogP contribution in [-0.4, -0.2) is 18.5 Å². The van der Waals surface area contributed by atoms with Crippen molar-refractivity contribution in [3.8, 4) is 0 Å². The van der Waals surface area contributed by atoms with Crippen molar-refractivity contribution in [1.82, 2.24) is 0 Å². The molecule has 0 bridgehead atoms. The highest BCUT2D eigenvalue weighted by Gasteiger charge is 2.40. The minimum Gasteiger partial charge on any atom is -1.00 e. The van der Waals surface area contributed by atoms with E-state index < -0.39 is 7.26 Å². The Hall–Kier alpha value is -0.390. The van der Waals surface area contributed by atoms with Crippen molar-refractivity contribution in [2.45, 2.75) is 65.7 Å². The Kier molecular flexibility index (Phi) is 14.5. The summed E-state index contributed by atoms with van der Waals surface area (Å²) in [5, 5.41) is 1.69. The van der Waals surface area contributed by atoms with Crippen molar-refractivity contribution in [3.63, 3.8) is 0 Å². The summed E-state index contributed by atoms with van der Waals surface area (Å²) < 4.78 is 0. The third-order valence-corrected chi connectivity index (χ3v) is 9.86. The number of hydrogen-bond acceptors (Lipinski definition) is 0. The molecule has 0 aromatic heterocycles. The van der Waals surface area contributed by atoms with Gasteiger partial charge in [-0.1, -0.05) is 76.4 Å². The number of benzene rings is 1. The standard InChI is InChI=1S/C23H38P.BrH/c1-5-9-18-23(22-16-14-13-15-17-22)24(19-10-6-2,20-11-7-3)21-12-8-4;/h5,13-18H,1,6-12,19-21H2,2-4H3;1H/q+1;/p-1/b23-18+;. The van der Waals surface area contributed by atoms with Gasteiger partial charge in [-0.05, 0) is 31.8 Å². The van der Waals surface area contributed by atoms with Gasteiger partial charge in [0, 0.05) is 12.8 Å². The zero-order valence-electron chi connectivity index (χ0n) is 16.6. The first-order chi connectivity index (χ1) is 11.7. The molecule has 1 aromatic carbocycles. The Morgan fingerprint density at radius 1 is 0.880 bits per heavy atom. The second-order valence-electron chi connectivity index (χ2n) is 6.86. The van der Waals surface area contributed by atoms with E-state index in [0.717, 1.165) is 6.42 Å². The van der Waals surface area contributed by atoms with Crippen molar-refractivity contribution in [2.75, 3.05) is 18.5 Å². The summed E-state index contributed by atoms with van der Waals surface area (Å²) in [5.74, 6) is 0. The van der Waals surface area contributed by atoms with Gasteiger partial charge in [0.05, 0.1) is 23.8 Å². The highest BCUT2D eigenvalue weighted by molar-refractivity contribution is 7.85. The fourth-order valence-corrected chi connectivity index (χ4v) is 8.82. The largest absolute Gasteiger partial charge is 1.00 e. The molecule has 0 N–H and O–H groups in total. The lowest BCUT2D eigenvalue weighted by molar-refractivity contribution is -0.00000519. The molecule has 2 heteroatoms. The number of rotatable bonds is 13. The van der Waals surface area contributed by atoms with E-state index in [-0.39, 0.29) is 17.0 Å². The summed E-state index contributed by atoms with van der Waals surface area (Å²) in [5.41, 5.74) is 1.47. The van der Waals surface area contributed by atoms with Gasteiger partial charge < -0.3 is 17.0 Å². The van der Waals surface area contributed by atoms with Crippen LogP contribution in [0.2, 0.25) is 0 Å². The van der Waals surface area contributed by atoms with Crippen molar-refractivity contribution in [1.29, 1.82) is 0 Å². The van der Waals surface area contributed by atoms with Gasteiger partial charge in [-0.15, -0.1) is 6.58 Å². The van der Waals surface area contributed by atoms with Gasteiger partial charge in [0.1, 0.15) is 0 Å². The summed E-state index contributed by atoms with van der Waals surface area (Å²) in [7, 11) is -1.09. The summed E-state index contributed by atoms with van der Waals surface area (Å²) in [6.07, 6.45) is 17.9. The van der Waals surface area contributed by atoms with E-state index in [1.165, 1.54) is 62.6 Å². The molecule has 25 heavy (non-hydrogen) atoms. The first-order valence-electron chi connectivity index (χ1n) is 9.97.